The molecule has 8 nitrogen and oxygen atoms in total. The van der Waals surface area contributed by atoms with Gasteiger partial charge in [-0.1, -0.05) is 6.92 Å². The van der Waals surface area contributed by atoms with E-state index in [-0.39, 0.29) is 11.8 Å². The zero-order valence-corrected chi connectivity index (χ0v) is 15.9. The largest absolute Gasteiger partial charge is 0.350 e. The Kier molecular flexibility index (Phi) is 6.18. The van der Waals surface area contributed by atoms with Gasteiger partial charge in [-0.15, -0.1) is 0 Å². The van der Waals surface area contributed by atoms with Crippen LogP contribution in [0.3, 0.4) is 0 Å². The lowest BCUT2D eigenvalue weighted by Gasteiger charge is -2.29. The molecule has 144 valence electrons. The van der Waals surface area contributed by atoms with Crippen molar-refractivity contribution in [1.29, 1.82) is 0 Å². The lowest BCUT2D eigenvalue weighted by molar-refractivity contribution is -0.133. The summed E-state index contributed by atoms with van der Waals surface area (Å²) in [4.78, 5) is 31.9. The van der Waals surface area contributed by atoms with Gasteiger partial charge in [-0.2, -0.15) is 5.10 Å². The number of amides is 2. The molecule has 0 saturated heterocycles. The summed E-state index contributed by atoms with van der Waals surface area (Å²) >= 11 is 0. The number of nitrogens with one attached hydrogen (secondary N) is 1. The van der Waals surface area contributed by atoms with Crippen molar-refractivity contribution in [2.75, 3.05) is 20.1 Å². The Morgan fingerprint density at radius 3 is 2.78 bits per heavy atom. The predicted octanol–water partition coefficient (Wildman–Crippen LogP) is 0.779. The number of likely N-dealkylation sites (N-methyl/N-ethyl adjacent to an activating group) is 1. The Morgan fingerprint density at radius 2 is 2.04 bits per heavy atom. The first kappa shape index (κ1) is 19.0. The van der Waals surface area contributed by atoms with Crippen molar-refractivity contribution in [3.8, 4) is 0 Å². The molecule has 1 aliphatic rings. The van der Waals surface area contributed by atoms with Gasteiger partial charge in [-0.3, -0.25) is 24.2 Å². The Labute approximate surface area is 159 Å². The van der Waals surface area contributed by atoms with Crippen LogP contribution in [0.15, 0.2) is 30.6 Å². The van der Waals surface area contributed by atoms with Crippen molar-refractivity contribution in [2.24, 2.45) is 0 Å². The van der Waals surface area contributed by atoms with Crippen LogP contribution in [0.2, 0.25) is 0 Å². The quantitative estimate of drug-likeness (QED) is 0.779. The van der Waals surface area contributed by atoms with Crippen molar-refractivity contribution in [1.82, 2.24) is 29.9 Å². The summed E-state index contributed by atoms with van der Waals surface area (Å²) < 4.78 is 1.93. The molecule has 3 rings (SSSR count). The minimum atomic E-state index is 0.00927. The number of rotatable bonds is 7. The molecule has 1 N–H and O–H groups in total. The summed E-state index contributed by atoms with van der Waals surface area (Å²) in [5.74, 6) is 0.120. The standard InChI is InChI=1S/C19H26N6O2/c1-3-18(26)21-11-16-10-17-13-24(8-9-25(17)22-16)19(27)14-23(2)12-15-4-6-20-7-5-15/h4-7,10H,3,8-9,11-14H2,1-2H3,(H,21,26). The number of fused-ring (bicyclic) bond motifs is 1. The Morgan fingerprint density at radius 1 is 1.26 bits per heavy atom. The highest BCUT2D eigenvalue weighted by Gasteiger charge is 2.23. The normalized spacial score (nSPS) is 13.5. The van der Waals surface area contributed by atoms with Gasteiger partial charge in [0.05, 0.1) is 37.6 Å². The Balaban J connectivity index is 1.53. The van der Waals surface area contributed by atoms with Crippen molar-refractivity contribution < 1.29 is 9.59 Å². The molecule has 27 heavy (non-hydrogen) atoms. The molecule has 0 fully saturated rings. The fraction of sp³-hybridized carbons (Fsp3) is 0.474. The van der Waals surface area contributed by atoms with Crippen LogP contribution in [0.5, 0.6) is 0 Å². The summed E-state index contributed by atoms with van der Waals surface area (Å²) in [6.07, 6.45) is 3.98. The van der Waals surface area contributed by atoms with Gasteiger partial charge in [0, 0.05) is 31.9 Å². The van der Waals surface area contributed by atoms with E-state index >= 15 is 0 Å². The van der Waals surface area contributed by atoms with E-state index < -0.39 is 0 Å². The first-order valence-corrected chi connectivity index (χ1v) is 9.22. The highest BCUT2D eigenvalue weighted by molar-refractivity contribution is 5.78. The monoisotopic (exact) mass is 370 g/mol. The fourth-order valence-electron chi connectivity index (χ4n) is 3.13. The smallest absolute Gasteiger partial charge is 0.237 e. The van der Waals surface area contributed by atoms with Gasteiger partial charge in [0.2, 0.25) is 11.8 Å². The van der Waals surface area contributed by atoms with E-state index in [0.29, 0.717) is 45.7 Å². The molecule has 2 aromatic rings. The van der Waals surface area contributed by atoms with Crippen LogP contribution >= 0.6 is 0 Å². The van der Waals surface area contributed by atoms with Crippen molar-refractivity contribution in [2.45, 2.75) is 39.5 Å². The van der Waals surface area contributed by atoms with Gasteiger partial charge in [0.15, 0.2) is 0 Å². The van der Waals surface area contributed by atoms with E-state index in [0.717, 1.165) is 17.0 Å². The first-order chi connectivity index (χ1) is 13.0. The van der Waals surface area contributed by atoms with E-state index in [1.54, 1.807) is 12.4 Å². The average molecular weight is 370 g/mol. The third-order valence-electron chi connectivity index (χ3n) is 4.60. The summed E-state index contributed by atoms with van der Waals surface area (Å²) in [5.41, 5.74) is 2.97. The highest BCUT2D eigenvalue weighted by Crippen LogP contribution is 2.14. The number of aromatic nitrogens is 3. The molecule has 8 heteroatoms. The molecule has 0 aliphatic carbocycles. The molecular weight excluding hydrogens is 344 g/mol. The van der Waals surface area contributed by atoms with E-state index in [1.807, 2.05) is 46.7 Å². The number of pyridine rings is 1. The summed E-state index contributed by atoms with van der Waals surface area (Å²) in [5, 5.41) is 7.35. The Bertz CT molecular complexity index is 789. The molecule has 3 heterocycles. The van der Waals surface area contributed by atoms with Crippen LogP contribution in [0, 0.1) is 0 Å². The van der Waals surface area contributed by atoms with Gasteiger partial charge < -0.3 is 10.2 Å². The minimum absolute atomic E-state index is 0.00927. The number of carbonyl (C=O) groups is 2. The molecule has 0 spiro atoms. The van der Waals surface area contributed by atoms with Gasteiger partial charge in [-0.25, -0.2) is 0 Å². The average Bonchev–Trinajstić information content (AvgIpc) is 3.08. The lowest BCUT2D eigenvalue weighted by atomic mass is 10.2. The molecule has 0 aromatic carbocycles. The second-order valence-corrected chi connectivity index (χ2v) is 6.82. The minimum Gasteiger partial charge on any atom is -0.350 e. The SMILES string of the molecule is CCC(=O)NCc1cc2n(n1)CCN(C(=O)CN(C)Cc1ccncc1)C2. The van der Waals surface area contributed by atoms with Crippen LogP contribution in [0.4, 0.5) is 0 Å². The molecule has 1 aliphatic heterocycles. The van der Waals surface area contributed by atoms with E-state index in [2.05, 4.69) is 15.4 Å². The first-order valence-electron chi connectivity index (χ1n) is 9.22. The molecule has 0 radical (unpaired) electrons. The second-order valence-electron chi connectivity index (χ2n) is 6.82. The molecule has 0 unspecified atom stereocenters. The predicted molar refractivity (Wildman–Crippen MR) is 100 cm³/mol. The fourth-order valence-corrected chi connectivity index (χ4v) is 3.13. The van der Waals surface area contributed by atoms with E-state index in [9.17, 15) is 9.59 Å². The van der Waals surface area contributed by atoms with E-state index in [1.165, 1.54) is 0 Å². The van der Waals surface area contributed by atoms with Gasteiger partial charge >= 0.3 is 0 Å². The van der Waals surface area contributed by atoms with Crippen LogP contribution < -0.4 is 5.32 Å². The third kappa shape index (κ3) is 5.13. The molecular formula is C19H26N6O2. The maximum atomic E-state index is 12.7. The summed E-state index contributed by atoms with van der Waals surface area (Å²) in [6, 6.07) is 5.88. The van der Waals surface area contributed by atoms with Crippen molar-refractivity contribution in [3.05, 3.63) is 47.5 Å². The maximum Gasteiger partial charge on any atom is 0.237 e. The second kappa shape index (κ2) is 8.77. The number of hydrogen-bond donors (Lipinski definition) is 1. The molecule has 0 bridgehead atoms. The number of nitrogens with zero attached hydrogens (tertiary/aromatic N) is 5. The van der Waals surface area contributed by atoms with Crippen LogP contribution in [-0.4, -0.2) is 56.5 Å². The van der Waals surface area contributed by atoms with Crippen LogP contribution in [0.25, 0.3) is 0 Å². The van der Waals surface area contributed by atoms with Crippen molar-refractivity contribution >= 4 is 11.8 Å². The summed E-state index contributed by atoms with van der Waals surface area (Å²) in [7, 11) is 1.95. The number of carbonyl (C=O) groups excluding carboxylic acids is 2. The third-order valence-corrected chi connectivity index (χ3v) is 4.60. The van der Waals surface area contributed by atoms with E-state index in [4.69, 9.17) is 0 Å². The molecule has 0 atom stereocenters. The van der Waals surface area contributed by atoms with Crippen molar-refractivity contribution in [3.63, 3.8) is 0 Å². The lowest BCUT2D eigenvalue weighted by Crippen LogP contribution is -2.43. The maximum absolute atomic E-state index is 12.7. The van der Waals surface area contributed by atoms with Crippen LogP contribution in [-0.2, 0) is 35.8 Å². The molecule has 0 saturated carbocycles. The zero-order valence-electron chi connectivity index (χ0n) is 15.9. The van der Waals surface area contributed by atoms with Crippen LogP contribution in [0.1, 0.15) is 30.3 Å². The zero-order chi connectivity index (χ0) is 19.2. The Hall–Kier alpha value is -2.74. The highest BCUT2D eigenvalue weighted by atomic mass is 16.2. The molecule has 2 aromatic heterocycles. The van der Waals surface area contributed by atoms with Gasteiger partial charge in [0.1, 0.15) is 0 Å². The topological polar surface area (TPSA) is 83.4 Å². The van der Waals surface area contributed by atoms with Gasteiger partial charge in [0.25, 0.3) is 0 Å². The summed E-state index contributed by atoms with van der Waals surface area (Å²) in [6.45, 7) is 5.21. The van der Waals surface area contributed by atoms with Gasteiger partial charge in [-0.05, 0) is 30.8 Å². The molecule has 2 amide bonds. The number of hydrogen-bond acceptors (Lipinski definition) is 5.